The third-order valence-corrected chi connectivity index (χ3v) is 14.7. The molecule has 3 N–H and O–H groups in total. The molecule has 10 amide bonds. The van der Waals surface area contributed by atoms with Crippen molar-refractivity contribution in [3.05, 3.63) is 58.7 Å². The number of halogens is 1. The minimum atomic E-state index is -1.32. The summed E-state index contributed by atoms with van der Waals surface area (Å²) < 4.78 is 16.4. The van der Waals surface area contributed by atoms with Crippen LogP contribution < -0.4 is 34.3 Å². The number of carbonyl (C=O) groups excluding carboxylic acids is 10. The number of hydrogen-bond donors (Lipinski definition) is 3. The number of carbonyl (C=O) groups is 10. The second kappa shape index (κ2) is 26.9. The molecule has 2 aliphatic carbocycles. The predicted octanol–water partition coefficient (Wildman–Crippen LogP) is 5.50. The molecular weight excluding hydrogens is 1090 g/mol. The Hall–Kier alpha value is -5.06. The van der Waals surface area contributed by atoms with Gasteiger partial charge >= 0.3 is 41.7 Å². The quantitative estimate of drug-likeness (QED) is 0.0720. The number of phenolic OH excluding ortho intramolecular Hbond substituents is 1. The van der Waals surface area contributed by atoms with Gasteiger partial charge in [0.2, 0.25) is 11.8 Å². The zero-order valence-electron chi connectivity index (χ0n) is 47.0. The summed E-state index contributed by atoms with van der Waals surface area (Å²) in [4.78, 5) is 133. The number of rotatable bonds is 18. The van der Waals surface area contributed by atoms with Gasteiger partial charge in [-0.05, 0) is 130 Å². The fraction of sp³-hybridized carbons (Fsp3) is 0.607. The third kappa shape index (κ3) is 14.6. The summed E-state index contributed by atoms with van der Waals surface area (Å²) in [6, 6.07) is 6.22. The van der Waals surface area contributed by atoms with Crippen LogP contribution in [0.2, 0.25) is 0 Å². The normalized spacial score (nSPS) is 19.7. The van der Waals surface area contributed by atoms with Crippen LogP contribution in [0, 0.1) is 10.8 Å². The molecule has 4 aliphatic heterocycles. The number of phenols is 1. The largest absolute Gasteiger partial charge is 1.00 e. The molecule has 4 heterocycles. The molecule has 422 valence electrons. The number of alkyl halides is 1. The topological polar surface area (TPSA) is 272 Å². The van der Waals surface area contributed by atoms with E-state index >= 15 is 0 Å². The van der Waals surface area contributed by atoms with Crippen molar-refractivity contribution in [2.75, 3.05) is 25.2 Å². The van der Waals surface area contributed by atoms with E-state index in [0.717, 1.165) is 60.1 Å². The standard InChI is InChI=1S/C28H36N2O8.C20H20N2O7.C8H17BrO.Na.H/c1-27(2,3)38-26(36)30-23(33)19(17-28(13-14-28)25(30)35)29-22(32)18-11-10-12-20(21(18)24(29)34)37-16-9-7-5-4-6-8-15-31;1-19(2,3)29-18(28)22-15(25)11(9-20(7-8-20)17(22)27)21-14(24)10-5-4-6-12(23)13(10)16(21)26;9-7-5-3-1-2-4-6-8-10;;/h10-12,19,31H,4-9,13-17H2,1-3H3;4-6,11,23H,7-9H2,1-3H3;10H,1-8H2;;/q;;;+1;-1. The molecule has 2 aromatic rings. The van der Waals surface area contributed by atoms with E-state index in [1.54, 1.807) is 53.7 Å². The molecule has 2 atom stereocenters. The molecule has 2 aromatic carbocycles. The van der Waals surface area contributed by atoms with Gasteiger partial charge in [-0.1, -0.05) is 79.4 Å². The van der Waals surface area contributed by atoms with Crippen molar-refractivity contribution in [3.8, 4) is 11.5 Å². The molecule has 0 bridgehead atoms. The Morgan fingerprint density at radius 3 is 1.36 bits per heavy atom. The maximum absolute atomic E-state index is 13.6. The number of aliphatic hydroxyl groups is 2. The summed E-state index contributed by atoms with van der Waals surface area (Å²) in [6.45, 7) is 10.6. The first-order valence-electron chi connectivity index (χ1n) is 26.7. The number of piperidine rings is 2. The van der Waals surface area contributed by atoms with Crippen LogP contribution in [0.4, 0.5) is 9.59 Å². The van der Waals surface area contributed by atoms with Gasteiger partial charge in [0.05, 0.1) is 39.7 Å². The number of benzene rings is 2. The SMILES string of the molecule is CC(C)(C)OC(=O)N1C(=O)C(N2C(=O)c3cccc(O)c3C2=O)CC2(CC2)C1=O.CC(C)(C)OC(=O)N1C(=O)C(N2C(=O)c3cccc(OCCCCCCCCO)c3C2=O)CC2(CC2)C1=O.OCCCCCCCCBr.[H-].[Na+]. The van der Waals surface area contributed by atoms with Crippen LogP contribution in [0.15, 0.2) is 36.4 Å². The third-order valence-electron chi connectivity index (χ3n) is 14.2. The first kappa shape index (κ1) is 63.8. The minimum absolute atomic E-state index is 0. The van der Waals surface area contributed by atoms with Crippen molar-refractivity contribution in [1.82, 2.24) is 19.6 Å². The van der Waals surface area contributed by atoms with Crippen molar-refractivity contribution in [2.45, 2.75) is 180 Å². The van der Waals surface area contributed by atoms with Crippen molar-refractivity contribution >= 4 is 75.4 Å². The molecule has 2 spiro atoms. The van der Waals surface area contributed by atoms with Crippen molar-refractivity contribution < 1.29 is 108 Å². The summed E-state index contributed by atoms with van der Waals surface area (Å²) in [5.74, 6) is -6.18. The van der Waals surface area contributed by atoms with E-state index < -0.39 is 93.6 Å². The van der Waals surface area contributed by atoms with E-state index in [0.29, 0.717) is 48.7 Å². The van der Waals surface area contributed by atoms with E-state index in [9.17, 15) is 53.1 Å². The van der Waals surface area contributed by atoms with Crippen LogP contribution in [-0.2, 0) is 28.7 Å². The molecule has 78 heavy (non-hydrogen) atoms. The van der Waals surface area contributed by atoms with Gasteiger partial charge in [0, 0.05) is 18.5 Å². The van der Waals surface area contributed by atoms with E-state index in [2.05, 4.69) is 15.9 Å². The Labute approximate surface area is 487 Å². The molecule has 8 rings (SSSR count). The first-order chi connectivity index (χ1) is 36.4. The molecule has 2 saturated carbocycles. The monoisotopic (exact) mass is 1160 g/mol. The van der Waals surface area contributed by atoms with Gasteiger partial charge in [-0.3, -0.25) is 48.2 Å². The van der Waals surface area contributed by atoms with Crippen LogP contribution >= 0.6 is 15.9 Å². The van der Waals surface area contributed by atoms with Crippen LogP contribution in [0.5, 0.6) is 11.5 Å². The molecule has 6 aliphatic rings. The minimum Gasteiger partial charge on any atom is -1.00 e. The Bertz CT molecular complexity index is 2620. The number of aliphatic hydroxyl groups excluding tert-OH is 2. The number of ether oxygens (including phenoxy) is 3. The number of amides is 10. The second-order valence-electron chi connectivity index (χ2n) is 22.5. The number of fused-ring (bicyclic) bond motifs is 2. The van der Waals surface area contributed by atoms with E-state index in [1.807, 2.05) is 0 Å². The number of hydrogen-bond acceptors (Lipinski definition) is 16. The molecule has 0 radical (unpaired) electrons. The van der Waals surface area contributed by atoms with Gasteiger partial charge in [-0.15, -0.1) is 0 Å². The number of nitrogens with zero attached hydrogens (tertiary/aromatic N) is 4. The molecule has 2 unspecified atom stereocenters. The van der Waals surface area contributed by atoms with Gasteiger partial charge in [0.1, 0.15) is 34.8 Å². The average Bonchev–Trinajstić information content (AvgIpc) is 4.46. The van der Waals surface area contributed by atoms with Crippen LogP contribution in [0.25, 0.3) is 0 Å². The maximum Gasteiger partial charge on any atom is 1.00 e. The van der Waals surface area contributed by atoms with Crippen molar-refractivity contribution in [1.29, 1.82) is 0 Å². The van der Waals surface area contributed by atoms with Gasteiger partial charge in [-0.25, -0.2) is 9.59 Å². The summed E-state index contributed by atoms with van der Waals surface area (Å²) in [5.41, 5.74) is -3.78. The van der Waals surface area contributed by atoms with Crippen LogP contribution in [0.3, 0.4) is 0 Å². The molecule has 22 heteroatoms. The summed E-state index contributed by atoms with van der Waals surface area (Å²) in [5, 5.41) is 28.4. The average molecular weight is 1160 g/mol. The molecule has 2 saturated heterocycles. The number of unbranched alkanes of at least 4 members (excludes halogenated alkanes) is 10. The Morgan fingerprint density at radius 1 is 0.577 bits per heavy atom. The summed E-state index contributed by atoms with van der Waals surface area (Å²) in [6.07, 6.45) is 12.5. The molecule has 4 fully saturated rings. The molecular formula is C56H74BrN4NaO16. The van der Waals surface area contributed by atoms with Gasteiger partial charge in [0.25, 0.3) is 35.4 Å². The molecule has 0 aromatic heterocycles. The number of imide groups is 8. The van der Waals surface area contributed by atoms with Gasteiger partial charge in [0.15, 0.2) is 0 Å². The fourth-order valence-electron chi connectivity index (χ4n) is 9.83. The fourth-order valence-corrected chi connectivity index (χ4v) is 10.2. The second-order valence-corrected chi connectivity index (χ2v) is 23.3. The number of aromatic hydroxyl groups is 1. The summed E-state index contributed by atoms with van der Waals surface area (Å²) >= 11 is 3.39. The van der Waals surface area contributed by atoms with Gasteiger partial charge in [-0.2, -0.15) is 9.80 Å². The summed E-state index contributed by atoms with van der Waals surface area (Å²) in [7, 11) is 0. The van der Waals surface area contributed by atoms with Crippen LogP contribution in [-0.4, -0.2) is 143 Å². The van der Waals surface area contributed by atoms with Crippen LogP contribution in [0.1, 0.15) is 200 Å². The zero-order chi connectivity index (χ0) is 56.6. The maximum atomic E-state index is 13.6. The predicted molar refractivity (Wildman–Crippen MR) is 282 cm³/mol. The first-order valence-corrected chi connectivity index (χ1v) is 27.9. The molecule has 20 nitrogen and oxygen atoms in total. The van der Waals surface area contributed by atoms with Crippen molar-refractivity contribution in [2.24, 2.45) is 10.8 Å². The Kier molecular flexibility index (Phi) is 22.0. The van der Waals surface area contributed by atoms with E-state index in [4.69, 9.17) is 24.4 Å². The Morgan fingerprint density at radius 2 is 0.962 bits per heavy atom. The smallest absolute Gasteiger partial charge is 1.00 e. The Balaban J connectivity index is 0.000000290. The zero-order valence-corrected chi connectivity index (χ0v) is 49.6. The van der Waals surface area contributed by atoms with Gasteiger partial charge < -0.3 is 31.0 Å². The van der Waals surface area contributed by atoms with Crippen molar-refractivity contribution in [3.63, 3.8) is 0 Å². The van der Waals surface area contributed by atoms with E-state index in [-0.39, 0.29) is 84.2 Å². The van der Waals surface area contributed by atoms with E-state index in [1.165, 1.54) is 56.4 Å². The number of likely N-dealkylation sites (tertiary alicyclic amines) is 2.